The van der Waals surface area contributed by atoms with E-state index in [4.69, 9.17) is 17.0 Å². The van der Waals surface area contributed by atoms with Gasteiger partial charge in [-0.25, -0.2) is 0 Å². The Bertz CT molecular complexity index is 828. The predicted octanol–water partition coefficient (Wildman–Crippen LogP) is 4.73. The van der Waals surface area contributed by atoms with E-state index in [9.17, 15) is 0 Å². The van der Waals surface area contributed by atoms with Gasteiger partial charge in [-0.3, -0.25) is 5.43 Å². The first-order chi connectivity index (χ1) is 12.6. The Morgan fingerprint density at radius 2 is 1.92 bits per heavy atom. The van der Waals surface area contributed by atoms with Gasteiger partial charge < -0.3 is 10.1 Å². The Kier molecular flexibility index (Phi) is 5.89. The molecule has 0 saturated carbocycles. The number of ether oxygens (including phenoxy) is 1. The summed E-state index contributed by atoms with van der Waals surface area (Å²) < 4.78 is 5.45. The first-order valence-electron chi connectivity index (χ1n) is 9.03. The van der Waals surface area contributed by atoms with E-state index >= 15 is 0 Å². The Hall–Kier alpha value is -2.40. The number of rotatable bonds is 4. The van der Waals surface area contributed by atoms with E-state index < -0.39 is 0 Å². The highest BCUT2D eigenvalue weighted by molar-refractivity contribution is 7.80. The van der Waals surface area contributed by atoms with E-state index in [2.05, 4.69) is 41.8 Å². The largest absolute Gasteiger partial charge is 0.494 e. The molecule has 0 radical (unpaired) electrons. The highest BCUT2D eigenvalue weighted by Gasteiger charge is 2.18. The van der Waals surface area contributed by atoms with Crippen molar-refractivity contribution in [2.75, 3.05) is 11.9 Å². The average Bonchev–Trinajstić information content (AvgIpc) is 2.62. The number of fused-ring (bicyclic) bond motifs is 1. The molecule has 1 aliphatic carbocycles. The van der Waals surface area contributed by atoms with Gasteiger partial charge in [0.15, 0.2) is 5.11 Å². The molecule has 136 valence electrons. The van der Waals surface area contributed by atoms with Crippen molar-refractivity contribution in [2.45, 2.75) is 40.0 Å². The number of nitrogens with zero attached hydrogens (tertiary/aromatic N) is 1. The predicted molar refractivity (Wildman–Crippen MR) is 112 cm³/mol. The van der Waals surface area contributed by atoms with Crippen LogP contribution in [0.25, 0.3) is 0 Å². The van der Waals surface area contributed by atoms with Gasteiger partial charge in [-0.2, -0.15) is 5.10 Å². The molecular weight excluding hydrogens is 342 g/mol. The molecule has 0 spiro atoms. The summed E-state index contributed by atoms with van der Waals surface area (Å²) in [5.41, 5.74) is 10.3. The molecule has 0 fully saturated rings. The third kappa shape index (κ3) is 4.41. The van der Waals surface area contributed by atoms with Crippen LogP contribution in [0.3, 0.4) is 0 Å². The van der Waals surface area contributed by atoms with E-state index in [0.717, 1.165) is 36.4 Å². The quantitative estimate of drug-likeness (QED) is 0.606. The Morgan fingerprint density at radius 3 is 2.65 bits per heavy atom. The molecule has 1 aliphatic rings. The number of hydrogen-bond acceptors (Lipinski definition) is 3. The first-order valence-corrected chi connectivity index (χ1v) is 9.44. The minimum Gasteiger partial charge on any atom is -0.494 e. The lowest BCUT2D eigenvalue weighted by atomic mass is 9.86. The van der Waals surface area contributed by atoms with E-state index in [1.807, 2.05) is 31.2 Å². The lowest BCUT2D eigenvalue weighted by molar-refractivity contribution is 0.340. The zero-order valence-corrected chi connectivity index (χ0v) is 16.4. The highest BCUT2D eigenvalue weighted by Crippen LogP contribution is 2.26. The summed E-state index contributed by atoms with van der Waals surface area (Å²) >= 11 is 5.38. The van der Waals surface area contributed by atoms with Crippen LogP contribution in [0.15, 0.2) is 41.5 Å². The number of hydrazone groups is 1. The van der Waals surface area contributed by atoms with Crippen molar-refractivity contribution >= 4 is 28.7 Å². The van der Waals surface area contributed by atoms with Gasteiger partial charge in [0.25, 0.3) is 0 Å². The topological polar surface area (TPSA) is 45.6 Å². The van der Waals surface area contributed by atoms with Crippen LogP contribution in [0.2, 0.25) is 0 Å². The molecule has 0 aliphatic heterocycles. The molecule has 0 unspecified atom stereocenters. The molecule has 2 N–H and O–H groups in total. The van der Waals surface area contributed by atoms with Crippen molar-refractivity contribution < 1.29 is 4.74 Å². The summed E-state index contributed by atoms with van der Waals surface area (Å²) in [5.74, 6) is 0.849. The summed E-state index contributed by atoms with van der Waals surface area (Å²) in [5, 5.41) is 8.23. The maximum Gasteiger partial charge on any atom is 0.191 e. The van der Waals surface area contributed by atoms with Crippen LogP contribution in [0.1, 0.15) is 42.0 Å². The molecule has 2 aromatic carbocycles. The lowest BCUT2D eigenvalue weighted by Crippen LogP contribution is -2.26. The van der Waals surface area contributed by atoms with Gasteiger partial charge in [-0.05, 0) is 93.7 Å². The van der Waals surface area contributed by atoms with Gasteiger partial charge in [0.1, 0.15) is 5.75 Å². The summed E-state index contributed by atoms with van der Waals surface area (Å²) in [6.45, 7) is 6.94. The standard InChI is InChI=1S/C21H25N3OS/c1-4-25-17-10-8-16(9-11-17)22-21(26)24-23-20-7-5-6-18-15(3)12-14(2)13-19(18)20/h8-13H,4-7H2,1-3H3,(H2,22,24,26)/b23-20+. The minimum atomic E-state index is 0.484. The summed E-state index contributed by atoms with van der Waals surface area (Å²) in [4.78, 5) is 0. The van der Waals surface area contributed by atoms with Crippen LogP contribution in [-0.2, 0) is 6.42 Å². The first kappa shape index (κ1) is 18.4. The molecule has 0 saturated heterocycles. The van der Waals surface area contributed by atoms with Gasteiger partial charge in [-0.1, -0.05) is 11.6 Å². The number of nitrogens with one attached hydrogen (secondary N) is 2. The van der Waals surface area contributed by atoms with Crippen LogP contribution in [-0.4, -0.2) is 17.4 Å². The number of aryl methyl sites for hydroxylation is 2. The molecular formula is C21H25N3OS. The zero-order chi connectivity index (χ0) is 18.5. The Balaban J connectivity index is 1.68. The summed E-state index contributed by atoms with van der Waals surface area (Å²) in [6.07, 6.45) is 3.21. The number of hydrogen-bond donors (Lipinski definition) is 2. The zero-order valence-electron chi connectivity index (χ0n) is 15.6. The second-order valence-corrected chi connectivity index (χ2v) is 6.95. The maximum atomic E-state index is 5.45. The van der Waals surface area contributed by atoms with Crippen molar-refractivity contribution in [2.24, 2.45) is 5.10 Å². The highest BCUT2D eigenvalue weighted by atomic mass is 32.1. The molecule has 0 heterocycles. The molecule has 3 rings (SSSR count). The smallest absolute Gasteiger partial charge is 0.191 e. The van der Waals surface area contributed by atoms with Crippen LogP contribution in [0.4, 0.5) is 5.69 Å². The van der Waals surface area contributed by atoms with Gasteiger partial charge in [0, 0.05) is 11.3 Å². The van der Waals surface area contributed by atoms with Crippen molar-refractivity contribution in [3.05, 3.63) is 58.7 Å². The van der Waals surface area contributed by atoms with Gasteiger partial charge in [-0.15, -0.1) is 0 Å². The fourth-order valence-electron chi connectivity index (χ4n) is 3.35. The molecule has 2 aromatic rings. The minimum absolute atomic E-state index is 0.484. The maximum absolute atomic E-state index is 5.45. The SMILES string of the molecule is CCOc1ccc(NC(=S)N/N=C2\CCCc3c(C)cc(C)cc32)cc1. The Morgan fingerprint density at radius 1 is 1.15 bits per heavy atom. The van der Waals surface area contributed by atoms with E-state index in [1.165, 1.54) is 22.3 Å². The number of anilines is 1. The second kappa shape index (κ2) is 8.32. The van der Waals surface area contributed by atoms with Gasteiger partial charge in [0.2, 0.25) is 0 Å². The molecule has 0 atom stereocenters. The van der Waals surface area contributed by atoms with Gasteiger partial charge >= 0.3 is 0 Å². The third-order valence-electron chi connectivity index (χ3n) is 4.48. The second-order valence-electron chi connectivity index (χ2n) is 6.54. The fourth-order valence-corrected chi connectivity index (χ4v) is 3.51. The molecule has 5 heteroatoms. The molecule has 0 amide bonds. The normalized spacial score (nSPS) is 14.7. The van der Waals surface area contributed by atoms with Crippen LogP contribution in [0.5, 0.6) is 5.75 Å². The van der Waals surface area contributed by atoms with Crippen LogP contribution < -0.4 is 15.5 Å². The van der Waals surface area contributed by atoms with E-state index in [0.29, 0.717) is 11.7 Å². The Labute approximate surface area is 160 Å². The number of benzene rings is 2. The fraction of sp³-hybridized carbons (Fsp3) is 0.333. The van der Waals surface area contributed by atoms with E-state index in [1.54, 1.807) is 0 Å². The molecule has 26 heavy (non-hydrogen) atoms. The average molecular weight is 368 g/mol. The molecule has 0 bridgehead atoms. The monoisotopic (exact) mass is 367 g/mol. The third-order valence-corrected chi connectivity index (χ3v) is 4.68. The van der Waals surface area contributed by atoms with Crippen LogP contribution >= 0.6 is 12.2 Å². The van der Waals surface area contributed by atoms with Crippen LogP contribution in [0, 0.1) is 13.8 Å². The van der Waals surface area contributed by atoms with Crippen molar-refractivity contribution in [1.82, 2.24) is 5.43 Å². The summed E-state index contributed by atoms with van der Waals surface area (Å²) in [6, 6.07) is 12.2. The van der Waals surface area contributed by atoms with Gasteiger partial charge in [0.05, 0.1) is 12.3 Å². The number of thiocarbonyl (C=S) groups is 1. The van der Waals surface area contributed by atoms with Crippen molar-refractivity contribution in [3.63, 3.8) is 0 Å². The van der Waals surface area contributed by atoms with Crippen molar-refractivity contribution in [1.29, 1.82) is 0 Å². The van der Waals surface area contributed by atoms with E-state index in [-0.39, 0.29) is 0 Å². The summed E-state index contributed by atoms with van der Waals surface area (Å²) in [7, 11) is 0. The molecule has 0 aromatic heterocycles. The molecule has 4 nitrogen and oxygen atoms in total. The lowest BCUT2D eigenvalue weighted by Gasteiger charge is -2.21. The van der Waals surface area contributed by atoms with Crippen molar-refractivity contribution in [3.8, 4) is 5.75 Å².